The van der Waals surface area contributed by atoms with Crippen molar-refractivity contribution >= 4 is 51.7 Å². The number of nitrogens with two attached hydrogens (primary N) is 1. The van der Waals surface area contributed by atoms with Gasteiger partial charge in [-0.2, -0.15) is 0 Å². The summed E-state index contributed by atoms with van der Waals surface area (Å²) < 4.78 is 0. The van der Waals surface area contributed by atoms with Crippen molar-refractivity contribution < 1.29 is 4.79 Å². The van der Waals surface area contributed by atoms with Crippen LogP contribution >= 0.6 is 23.4 Å². The molecule has 1 saturated heterocycles. The molecule has 9 heteroatoms. The first-order chi connectivity index (χ1) is 15.0. The fourth-order valence-electron chi connectivity index (χ4n) is 3.83. The van der Waals surface area contributed by atoms with E-state index in [1.165, 1.54) is 11.2 Å². The molecule has 7 nitrogen and oxygen atoms in total. The maximum Gasteiger partial charge on any atom is 0.237 e. The van der Waals surface area contributed by atoms with Gasteiger partial charge in [0.05, 0.1) is 17.7 Å². The van der Waals surface area contributed by atoms with E-state index >= 15 is 0 Å². The van der Waals surface area contributed by atoms with Gasteiger partial charge in [-0.1, -0.05) is 29.4 Å². The van der Waals surface area contributed by atoms with Crippen LogP contribution in [0.2, 0.25) is 5.02 Å². The Morgan fingerprint density at radius 2 is 2.03 bits per heavy atom. The van der Waals surface area contributed by atoms with Gasteiger partial charge in [0.15, 0.2) is 0 Å². The molecule has 3 aromatic rings. The molecule has 0 saturated carbocycles. The lowest BCUT2D eigenvalue weighted by Gasteiger charge is -2.35. The molecular weight excluding hydrogens is 432 g/mol. The number of amides is 1. The van der Waals surface area contributed by atoms with Crippen LogP contribution in [0.25, 0.3) is 10.9 Å². The highest BCUT2D eigenvalue weighted by molar-refractivity contribution is 8.03. The molecule has 3 heterocycles. The number of nitrogens with zero attached hydrogens (tertiary/aromatic N) is 4. The Hall–Kier alpha value is -2.81. The molecule has 0 unspecified atom stereocenters. The van der Waals surface area contributed by atoms with Crippen molar-refractivity contribution in [2.24, 2.45) is 0 Å². The fourth-order valence-corrected chi connectivity index (χ4v) is 5.02. The third-order valence-corrected chi connectivity index (χ3v) is 6.77. The molecule has 5 rings (SSSR count). The molecule has 2 aromatic carbocycles. The van der Waals surface area contributed by atoms with E-state index in [9.17, 15) is 4.79 Å². The predicted octanol–water partition coefficient (Wildman–Crippen LogP) is 3.57. The number of anilines is 2. The van der Waals surface area contributed by atoms with Crippen molar-refractivity contribution in [2.45, 2.75) is 11.4 Å². The number of hydrogen-bond acceptors (Lipinski definition) is 7. The zero-order chi connectivity index (χ0) is 21.4. The minimum Gasteiger partial charge on any atom is -0.383 e. The lowest BCUT2D eigenvalue weighted by Crippen LogP contribution is -2.50. The minimum absolute atomic E-state index is 0.134. The van der Waals surface area contributed by atoms with Gasteiger partial charge >= 0.3 is 0 Å². The summed E-state index contributed by atoms with van der Waals surface area (Å²) >= 11 is 7.78. The number of thioether (sulfide) groups is 1. The summed E-state index contributed by atoms with van der Waals surface area (Å²) in [4.78, 5) is 27.5. The number of hydrogen-bond donors (Lipinski definition) is 2. The molecule has 2 aliphatic heterocycles. The summed E-state index contributed by atoms with van der Waals surface area (Å²) in [5.41, 5.74) is 8.75. The van der Waals surface area contributed by atoms with Crippen molar-refractivity contribution in [3.63, 3.8) is 0 Å². The molecule has 0 atom stereocenters. The van der Waals surface area contributed by atoms with Crippen LogP contribution in [0.15, 0.2) is 58.7 Å². The maximum absolute atomic E-state index is 12.8. The number of benzene rings is 2. The lowest BCUT2D eigenvalue weighted by atomic mass is 10.1. The van der Waals surface area contributed by atoms with Crippen molar-refractivity contribution in [3.8, 4) is 0 Å². The second kappa shape index (κ2) is 8.37. The topological polar surface area (TPSA) is 87.4 Å². The predicted molar refractivity (Wildman–Crippen MR) is 125 cm³/mol. The van der Waals surface area contributed by atoms with Crippen molar-refractivity contribution in [1.29, 1.82) is 0 Å². The molecule has 0 radical (unpaired) electrons. The molecule has 1 amide bonds. The average Bonchev–Trinajstić information content (AvgIpc) is 2.76. The van der Waals surface area contributed by atoms with E-state index in [-0.39, 0.29) is 5.91 Å². The van der Waals surface area contributed by atoms with Gasteiger partial charge < -0.3 is 16.0 Å². The summed E-state index contributed by atoms with van der Waals surface area (Å²) in [6, 6.07) is 11.7. The highest BCUT2D eigenvalue weighted by atomic mass is 35.5. The average molecular weight is 453 g/mol. The SMILES string of the molecule is Nc1ncnc2cc(CN3CCN(CC4=CNc5cc(Cl)ccc5S4)CC3=O)ccc12. The normalized spacial score (nSPS) is 16.7. The number of piperazine rings is 1. The third kappa shape index (κ3) is 4.32. The largest absolute Gasteiger partial charge is 0.383 e. The second-order valence-electron chi connectivity index (χ2n) is 7.63. The van der Waals surface area contributed by atoms with Crippen molar-refractivity contribution in [1.82, 2.24) is 19.8 Å². The standard InChI is InChI=1S/C22H21ClN6OS/c23-15-2-4-20-19(8-15)25-9-16(31-20)11-28-5-6-29(21(30)12-28)10-14-1-3-17-18(7-14)26-13-27-22(17)24/h1-4,7-9,13,25H,5-6,10-12H2,(H2,24,26,27). The summed E-state index contributed by atoms with van der Waals surface area (Å²) in [5, 5.41) is 4.85. The molecule has 3 N–H and O–H groups in total. The Labute approximate surface area is 189 Å². The van der Waals surface area contributed by atoms with Crippen LogP contribution in [0, 0.1) is 0 Å². The van der Waals surface area contributed by atoms with E-state index in [1.807, 2.05) is 47.5 Å². The number of nitrogens with one attached hydrogen (secondary N) is 1. The van der Waals surface area contributed by atoms with Crippen LogP contribution in [0.5, 0.6) is 0 Å². The molecule has 31 heavy (non-hydrogen) atoms. The summed E-state index contributed by atoms with van der Waals surface area (Å²) in [6.45, 7) is 3.25. The van der Waals surface area contributed by atoms with Gasteiger partial charge in [-0.25, -0.2) is 9.97 Å². The third-order valence-electron chi connectivity index (χ3n) is 5.45. The van der Waals surface area contributed by atoms with E-state index in [1.54, 1.807) is 11.8 Å². The quantitative estimate of drug-likeness (QED) is 0.625. The molecule has 1 aromatic heterocycles. The first kappa shape index (κ1) is 20.1. The Balaban J connectivity index is 1.20. The Kier molecular flexibility index (Phi) is 5.43. The monoisotopic (exact) mass is 452 g/mol. The molecule has 2 aliphatic rings. The molecule has 1 fully saturated rings. The summed E-state index contributed by atoms with van der Waals surface area (Å²) in [5.74, 6) is 0.603. The van der Waals surface area contributed by atoms with E-state index < -0.39 is 0 Å². The number of carbonyl (C=O) groups excluding carboxylic acids is 1. The van der Waals surface area contributed by atoms with Gasteiger partial charge in [-0.15, -0.1) is 0 Å². The Morgan fingerprint density at radius 3 is 2.90 bits per heavy atom. The van der Waals surface area contributed by atoms with Crippen LogP contribution in [0.3, 0.4) is 0 Å². The first-order valence-electron chi connectivity index (χ1n) is 9.97. The zero-order valence-electron chi connectivity index (χ0n) is 16.7. The molecular formula is C22H21ClN6OS. The Bertz CT molecular complexity index is 1200. The summed E-state index contributed by atoms with van der Waals surface area (Å²) in [6.07, 6.45) is 3.47. The first-order valence-corrected chi connectivity index (χ1v) is 11.2. The number of halogens is 1. The van der Waals surface area contributed by atoms with Gasteiger partial charge in [0, 0.05) is 52.6 Å². The van der Waals surface area contributed by atoms with E-state index in [0.29, 0.717) is 30.5 Å². The van der Waals surface area contributed by atoms with Crippen molar-refractivity contribution in [3.05, 3.63) is 64.4 Å². The van der Waals surface area contributed by atoms with E-state index in [4.69, 9.17) is 17.3 Å². The van der Waals surface area contributed by atoms with Crippen LogP contribution in [0.1, 0.15) is 5.56 Å². The molecule has 158 valence electrons. The van der Waals surface area contributed by atoms with E-state index in [0.717, 1.165) is 40.1 Å². The maximum atomic E-state index is 12.8. The molecule has 0 spiro atoms. The van der Waals surface area contributed by atoms with Crippen molar-refractivity contribution in [2.75, 3.05) is 37.2 Å². The van der Waals surface area contributed by atoms with Gasteiger partial charge in [-0.05, 0) is 35.9 Å². The Morgan fingerprint density at radius 1 is 1.13 bits per heavy atom. The number of rotatable bonds is 4. The van der Waals surface area contributed by atoms with Gasteiger partial charge in [0.1, 0.15) is 12.1 Å². The number of aromatic nitrogens is 2. The number of carbonyl (C=O) groups is 1. The fraction of sp³-hybridized carbons (Fsp3) is 0.227. The summed E-state index contributed by atoms with van der Waals surface area (Å²) in [7, 11) is 0. The minimum atomic E-state index is 0.134. The molecule has 0 aliphatic carbocycles. The van der Waals surface area contributed by atoms with Crippen LogP contribution in [-0.2, 0) is 11.3 Å². The zero-order valence-corrected chi connectivity index (χ0v) is 18.3. The van der Waals surface area contributed by atoms with Gasteiger partial charge in [0.25, 0.3) is 0 Å². The second-order valence-corrected chi connectivity index (χ2v) is 9.24. The van der Waals surface area contributed by atoms with E-state index in [2.05, 4.69) is 20.2 Å². The number of fused-ring (bicyclic) bond motifs is 2. The van der Waals surface area contributed by atoms with Gasteiger partial charge in [-0.3, -0.25) is 9.69 Å². The van der Waals surface area contributed by atoms with Crippen LogP contribution in [0.4, 0.5) is 11.5 Å². The highest BCUT2D eigenvalue weighted by Gasteiger charge is 2.25. The molecule has 0 bridgehead atoms. The smallest absolute Gasteiger partial charge is 0.237 e. The highest BCUT2D eigenvalue weighted by Crippen LogP contribution is 2.38. The van der Waals surface area contributed by atoms with Gasteiger partial charge in [0.2, 0.25) is 5.91 Å². The lowest BCUT2D eigenvalue weighted by molar-refractivity contribution is -0.136. The van der Waals surface area contributed by atoms with Crippen LogP contribution in [-0.4, -0.2) is 51.9 Å². The van der Waals surface area contributed by atoms with Crippen LogP contribution < -0.4 is 11.1 Å². The number of nitrogen functional groups attached to an aromatic ring is 1.